The molecule has 3 N–H and O–H groups in total. The molecule has 0 aromatic heterocycles. The van der Waals surface area contributed by atoms with Gasteiger partial charge in [-0.1, -0.05) is 13.8 Å². The maximum absolute atomic E-state index is 11.8. The topological polar surface area (TPSA) is 58.4 Å². The van der Waals surface area contributed by atoms with E-state index >= 15 is 0 Å². The molecule has 0 spiro atoms. The summed E-state index contributed by atoms with van der Waals surface area (Å²) in [5.74, 6) is 1.27. The number of rotatable bonds is 6. The van der Waals surface area contributed by atoms with Crippen molar-refractivity contribution in [1.29, 1.82) is 0 Å². The minimum atomic E-state index is -0.457. The van der Waals surface area contributed by atoms with Gasteiger partial charge in [0.2, 0.25) is 5.91 Å². The number of nitrogens with one attached hydrogen (secondary N) is 1. The van der Waals surface area contributed by atoms with Crippen molar-refractivity contribution in [3.05, 3.63) is 0 Å². The van der Waals surface area contributed by atoms with Crippen molar-refractivity contribution < 1.29 is 4.79 Å². The van der Waals surface area contributed by atoms with Crippen molar-refractivity contribution in [3.8, 4) is 0 Å². The summed E-state index contributed by atoms with van der Waals surface area (Å²) >= 11 is 0. The molecule has 4 nitrogen and oxygen atoms in total. The second kappa shape index (κ2) is 6.53. The molecule has 18 heavy (non-hydrogen) atoms. The number of primary amides is 1. The Kier molecular flexibility index (Phi) is 5.60. The first-order valence-corrected chi connectivity index (χ1v) is 7.07. The van der Waals surface area contributed by atoms with E-state index in [0.29, 0.717) is 5.92 Å². The second-order valence-corrected chi connectivity index (χ2v) is 6.26. The zero-order chi connectivity index (χ0) is 13.8. The molecule has 0 heterocycles. The van der Waals surface area contributed by atoms with E-state index in [0.717, 1.165) is 44.7 Å². The molecule has 0 bridgehead atoms. The van der Waals surface area contributed by atoms with Crippen LogP contribution < -0.4 is 11.1 Å². The predicted octanol–water partition coefficient (Wildman–Crippen LogP) is 1.21. The van der Waals surface area contributed by atoms with E-state index in [4.69, 9.17) is 5.73 Å². The number of amides is 1. The second-order valence-electron chi connectivity index (χ2n) is 6.26. The molecule has 1 fully saturated rings. The van der Waals surface area contributed by atoms with Crippen molar-refractivity contribution in [2.75, 3.05) is 27.2 Å². The summed E-state index contributed by atoms with van der Waals surface area (Å²) in [4.78, 5) is 13.9. The number of nitrogens with two attached hydrogens (primary N) is 1. The van der Waals surface area contributed by atoms with E-state index in [1.807, 2.05) is 14.1 Å². The van der Waals surface area contributed by atoms with Crippen LogP contribution in [-0.2, 0) is 4.79 Å². The van der Waals surface area contributed by atoms with Crippen LogP contribution in [0.4, 0.5) is 0 Å². The van der Waals surface area contributed by atoms with Crippen molar-refractivity contribution >= 4 is 5.91 Å². The highest BCUT2D eigenvalue weighted by Gasteiger charge is 2.40. The number of likely N-dealkylation sites (N-methyl/N-ethyl adjacent to an activating group) is 1. The molecule has 1 aliphatic carbocycles. The molecule has 0 radical (unpaired) electrons. The Labute approximate surface area is 111 Å². The Morgan fingerprint density at radius 2 is 1.94 bits per heavy atom. The van der Waals surface area contributed by atoms with E-state index in [1.165, 1.54) is 0 Å². The summed E-state index contributed by atoms with van der Waals surface area (Å²) < 4.78 is 0. The highest BCUT2D eigenvalue weighted by molar-refractivity contribution is 5.84. The van der Waals surface area contributed by atoms with E-state index in [1.54, 1.807) is 0 Å². The lowest BCUT2D eigenvalue weighted by Crippen LogP contribution is -2.58. The van der Waals surface area contributed by atoms with Crippen LogP contribution in [0.2, 0.25) is 0 Å². The normalized spacial score (nSPS) is 28.9. The molecule has 0 aromatic carbocycles. The van der Waals surface area contributed by atoms with Gasteiger partial charge in [-0.05, 0) is 51.6 Å². The van der Waals surface area contributed by atoms with E-state index in [2.05, 4.69) is 24.1 Å². The lowest BCUT2D eigenvalue weighted by Gasteiger charge is -2.40. The summed E-state index contributed by atoms with van der Waals surface area (Å²) in [6, 6.07) is 0. The molecule has 0 atom stereocenters. The van der Waals surface area contributed by atoms with Gasteiger partial charge < -0.3 is 16.0 Å². The fourth-order valence-electron chi connectivity index (χ4n) is 2.83. The predicted molar refractivity (Wildman–Crippen MR) is 75.3 cm³/mol. The Morgan fingerprint density at radius 3 is 2.33 bits per heavy atom. The number of hydrogen-bond acceptors (Lipinski definition) is 3. The average Bonchev–Trinajstić information content (AvgIpc) is 2.28. The molecular weight excluding hydrogens is 226 g/mol. The van der Waals surface area contributed by atoms with Gasteiger partial charge >= 0.3 is 0 Å². The van der Waals surface area contributed by atoms with E-state index in [9.17, 15) is 4.79 Å². The smallest absolute Gasteiger partial charge is 0.237 e. The fraction of sp³-hybridized carbons (Fsp3) is 0.929. The van der Waals surface area contributed by atoms with Crippen LogP contribution >= 0.6 is 0 Å². The Balaban J connectivity index is 2.53. The summed E-state index contributed by atoms with van der Waals surface area (Å²) in [5.41, 5.74) is 5.17. The van der Waals surface area contributed by atoms with Crippen molar-refractivity contribution in [2.45, 2.75) is 45.1 Å². The minimum Gasteiger partial charge on any atom is -0.368 e. The third kappa shape index (κ3) is 3.95. The van der Waals surface area contributed by atoms with Gasteiger partial charge in [0.05, 0.1) is 5.54 Å². The Bertz CT molecular complexity index is 263. The van der Waals surface area contributed by atoms with E-state index < -0.39 is 5.54 Å². The molecule has 1 aliphatic rings. The summed E-state index contributed by atoms with van der Waals surface area (Å²) in [6.07, 6.45) is 3.99. The van der Waals surface area contributed by atoms with E-state index in [-0.39, 0.29) is 5.91 Å². The number of nitrogens with zero attached hydrogens (tertiary/aromatic N) is 1. The number of hydrogen-bond donors (Lipinski definition) is 2. The van der Waals surface area contributed by atoms with Gasteiger partial charge in [-0.3, -0.25) is 4.79 Å². The van der Waals surface area contributed by atoms with Gasteiger partial charge in [-0.15, -0.1) is 0 Å². The maximum atomic E-state index is 11.8. The number of carbonyl (C=O) groups excluding carboxylic acids is 1. The van der Waals surface area contributed by atoms with Crippen LogP contribution in [0.15, 0.2) is 0 Å². The van der Waals surface area contributed by atoms with Crippen molar-refractivity contribution in [1.82, 2.24) is 10.2 Å². The van der Waals surface area contributed by atoms with Gasteiger partial charge in [0.15, 0.2) is 0 Å². The molecule has 0 aliphatic heterocycles. The molecule has 4 heteroatoms. The zero-order valence-corrected chi connectivity index (χ0v) is 12.3. The Hall–Kier alpha value is -0.610. The largest absolute Gasteiger partial charge is 0.368 e. The van der Waals surface area contributed by atoms with Crippen LogP contribution in [0, 0.1) is 11.8 Å². The van der Waals surface area contributed by atoms with Crippen LogP contribution in [0.25, 0.3) is 0 Å². The summed E-state index contributed by atoms with van der Waals surface area (Å²) in [6.45, 7) is 6.29. The third-order valence-corrected chi connectivity index (χ3v) is 4.32. The van der Waals surface area contributed by atoms with Crippen LogP contribution in [0.5, 0.6) is 0 Å². The molecule has 0 unspecified atom stereocenters. The molecule has 106 valence electrons. The molecule has 0 aromatic rings. The van der Waals surface area contributed by atoms with Gasteiger partial charge in [-0.2, -0.15) is 0 Å². The quantitative estimate of drug-likeness (QED) is 0.750. The van der Waals surface area contributed by atoms with Crippen LogP contribution in [0.1, 0.15) is 39.5 Å². The zero-order valence-electron chi connectivity index (χ0n) is 12.3. The first-order valence-electron chi connectivity index (χ1n) is 7.07. The molecule has 1 saturated carbocycles. The first-order chi connectivity index (χ1) is 8.37. The third-order valence-electron chi connectivity index (χ3n) is 4.32. The SMILES string of the molecule is CC(C)C1CCC(NCCN(C)C)(C(N)=O)CC1. The van der Waals surface area contributed by atoms with Gasteiger partial charge in [0, 0.05) is 13.1 Å². The fourth-order valence-corrected chi connectivity index (χ4v) is 2.83. The highest BCUT2D eigenvalue weighted by atomic mass is 16.1. The lowest BCUT2D eigenvalue weighted by molar-refractivity contribution is -0.126. The average molecular weight is 255 g/mol. The van der Waals surface area contributed by atoms with Gasteiger partial charge in [0.1, 0.15) is 0 Å². The minimum absolute atomic E-state index is 0.177. The van der Waals surface area contributed by atoms with Crippen molar-refractivity contribution in [3.63, 3.8) is 0 Å². The molecular formula is C14H29N3O. The molecule has 1 amide bonds. The first kappa shape index (κ1) is 15.4. The van der Waals surface area contributed by atoms with Gasteiger partial charge in [-0.25, -0.2) is 0 Å². The summed E-state index contributed by atoms with van der Waals surface area (Å²) in [7, 11) is 4.07. The number of carbonyl (C=O) groups is 1. The Morgan fingerprint density at radius 1 is 1.39 bits per heavy atom. The lowest BCUT2D eigenvalue weighted by atomic mass is 9.72. The molecule has 0 saturated heterocycles. The monoisotopic (exact) mass is 255 g/mol. The molecule has 1 rings (SSSR count). The maximum Gasteiger partial charge on any atom is 0.237 e. The van der Waals surface area contributed by atoms with Crippen LogP contribution in [0.3, 0.4) is 0 Å². The summed E-state index contributed by atoms with van der Waals surface area (Å²) in [5, 5.41) is 3.41. The van der Waals surface area contributed by atoms with Crippen LogP contribution in [-0.4, -0.2) is 43.5 Å². The van der Waals surface area contributed by atoms with Gasteiger partial charge in [0.25, 0.3) is 0 Å². The highest BCUT2D eigenvalue weighted by Crippen LogP contribution is 2.35. The van der Waals surface area contributed by atoms with Crippen molar-refractivity contribution in [2.24, 2.45) is 17.6 Å². The standard InChI is InChI=1S/C14H29N3O/c1-11(2)12-5-7-14(8-6-12,13(15)18)16-9-10-17(3)4/h11-12,16H,5-10H2,1-4H3,(H2,15,18).